The quantitative estimate of drug-likeness (QED) is 0.292. The van der Waals surface area contributed by atoms with Gasteiger partial charge >= 0.3 is 5.97 Å². The summed E-state index contributed by atoms with van der Waals surface area (Å²) in [6, 6.07) is 0.407. The second-order valence-electron chi connectivity index (χ2n) is 5.91. The van der Waals surface area contributed by atoms with Crippen molar-refractivity contribution in [3.05, 3.63) is 0 Å². The molecule has 134 valence electrons. The minimum absolute atomic E-state index is 0.0275. The first-order chi connectivity index (χ1) is 11.2. The van der Waals surface area contributed by atoms with Crippen molar-refractivity contribution < 1.29 is 9.53 Å². The number of esters is 1. The lowest BCUT2D eigenvalue weighted by molar-refractivity contribution is -0.149. The molecular formula is C17H33N3O2S. The van der Waals surface area contributed by atoms with Crippen LogP contribution in [0.1, 0.15) is 52.4 Å². The fourth-order valence-corrected chi connectivity index (χ4v) is 3.29. The van der Waals surface area contributed by atoms with E-state index < -0.39 is 0 Å². The summed E-state index contributed by atoms with van der Waals surface area (Å²) in [6.07, 6.45) is 8.30. The Labute approximate surface area is 145 Å². The second kappa shape index (κ2) is 12.5. The molecule has 0 aromatic carbocycles. The molecule has 1 aliphatic rings. The van der Waals surface area contributed by atoms with E-state index in [4.69, 9.17) is 4.74 Å². The van der Waals surface area contributed by atoms with Gasteiger partial charge in [-0.3, -0.25) is 9.79 Å². The Morgan fingerprint density at radius 1 is 1.22 bits per heavy atom. The van der Waals surface area contributed by atoms with Gasteiger partial charge < -0.3 is 15.4 Å². The molecule has 0 aromatic rings. The number of nitrogens with one attached hydrogen (secondary N) is 2. The van der Waals surface area contributed by atoms with Gasteiger partial charge in [0.1, 0.15) is 0 Å². The summed E-state index contributed by atoms with van der Waals surface area (Å²) >= 11 is 1.89. The molecule has 0 atom stereocenters. The van der Waals surface area contributed by atoms with Crippen molar-refractivity contribution in [3.8, 4) is 0 Å². The van der Waals surface area contributed by atoms with Crippen LogP contribution in [0, 0.1) is 5.92 Å². The number of carbonyl (C=O) groups excluding carboxylic acids is 1. The van der Waals surface area contributed by atoms with Gasteiger partial charge in [0.2, 0.25) is 0 Å². The first-order valence-corrected chi connectivity index (χ1v) is 10.3. The average molecular weight is 344 g/mol. The van der Waals surface area contributed by atoms with E-state index in [9.17, 15) is 4.79 Å². The van der Waals surface area contributed by atoms with Crippen LogP contribution in [0.3, 0.4) is 0 Å². The molecule has 0 unspecified atom stereocenters. The smallest absolute Gasteiger partial charge is 0.308 e. The van der Waals surface area contributed by atoms with E-state index in [1.165, 1.54) is 12.2 Å². The van der Waals surface area contributed by atoms with Crippen molar-refractivity contribution in [2.75, 3.05) is 31.7 Å². The lowest BCUT2D eigenvalue weighted by Crippen LogP contribution is -2.45. The van der Waals surface area contributed by atoms with Gasteiger partial charge in [0.15, 0.2) is 5.96 Å². The predicted octanol–water partition coefficient (Wildman–Crippen LogP) is 2.81. The molecule has 1 aliphatic carbocycles. The van der Waals surface area contributed by atoms with E-state index in [-0.39, 0.29) is 11.9 Å². The highest BCUT2D eigenvalue weighted by Crippen LogP contribution is 2.25. The summed E-state index contributed by atoms with van der Waals surface area (Å²) in [7, 11) is 0. The van der Waals surface area contributed by atoms with Crippen LogP contribution in [0.5, 0.6) is 0 Å². The molecule has 0 aromatic heterocycles. The van der Waals surface area contributed by atoms with E-state index in [1.807, 2.05) is 18.7 Å². The van der Waals surface area contributed by atoms with Gasteiger partial charge in [-0.25, -0.2) is 0 Å². The van der Waals surface area contributed by atoms with Crippen molar-refractivity contribution in [2.45, 2.75) is 58.4 Å². The lowest BCUT2D eigenvalue weighted by Gasteiger charge is -2.29. The Bertz CT molecular complexity index is 356. The lowest BCUT2D eigenvalue weighted by atomic mass is 9.86. The van der Waals surface area contributed by atoms with Gasteiger partial charge in [-0.2, -0.15) is 11.8 Å². The summed E-state index contributed by atoms with van der Waals surface area (Å²) in [5.74, 6) is 2.17. The monoisotopic (exact) mass is 343 g/mol. The van der Waals surface area contributed by atoms with E-state index in [0.717, 1.165) is 51.2 Å². The number of hydrogen-bond acceptors (Lipinski definition) is 4. The molecule has 2 N–H and O–H groups in total. The van der Waals surface area contributed by atoms with Gasteiger partial charge in [-0.15, -0.1) is 0 Å². The van der Waals surface area contributed by atoms with E-state index >= 15 is 0 Å². The van der Waals surface area contributed by atoms with Crippen LogP contribution >= 0.6 is 11.8 Å². The molecule has 0 saturated heterocycles. The summed E-state index contributed by atoms with van der Waals surface area (Å²) in [4.78, 5) is 16.4. The number of guanidine groups is 1. The van der Waals surface area contributed by atoms with E-state index in [1.54, 1.807) is 0 Å². The van der Waals surface area contributed by atoms with Crippen molar-refractivity contribution in [3.63, 3.8) is 0 Å². The third-order valence-corrected chi connectivity index (χ3v) is 4.76. The molecular weight excluding hydrogens is 310 g/mol. The largest absolute Gasteiger partial charge is 0.466 e. The van der Waals surface area contributed by atoms with Crippen LogP contribution in [0.15, 0.2) is 4.99 Å². The Hall–Kier alpha value is -0.910. The molecule has 5 nitrogen and oxygen atoms in total. The van der Waals surface area contributed by atoms with Crippen molar-refractivity contribution in [2.24, 2.45) is 10.9 Å². The standard InChI is InChI=1S/C17H33N3O2S/c1-4-18-17(19-12-6-7-13-23-3)20-15-10-8-14(9-11-15)16(21)22-5-2/h14-15H,4-13H2,1-3H3,(H2,18,19,20). The maximum Gasteiger partial charge on any atom is 0.308 e. The van der Waals surface area contributed by atoms with Gasteiger partial charge in [-0.1, -0.05) is 0 Å². The first kappa shape index (κ1) is 20.1. The number of hydrogen-bond donors (Lipinski definition) is 2. The molecule has 6 heteroatoms. The number of nitrogens with zero attached hydrogens (tertiary/aromatic N) is 1. The van der Waals surface area contributed by atoms with Crippen LogP contribution in [-0.2, 0) is 9.53 Å². The highest BCUT2D eigenvalue weighted by Gasteiger charge is 2.27. The number of unbranched alkanes of at least 4 members (excludes halogenated alkanes) is 1. The van der Waals surface area contributed by atoms with Crippen LogP contribution in [0.4, 0.5) is 0 Å². The zero-order valence-electron chi connectivity index (χ0n) is 14.9. The zero-order valence-corrected chi connectivity index (χ0v) is 15.7. The van der Waals surface area contributed by atoms with E-state index in [2.05, 4.69) is 28.8 Å². The number of ether oxygens (including phenoxy) is 1. The average Bonchev–Trinajstić information content (AvgIpc) is 2.55. The third-order valence-electron chi connectivity index (χ3n) is 4.06. The molecule has 1 saturated carbocycles. The molecule has 0 amide bonds. The van der Waals surface area contributed by atoms with Gasteiger partial charge in [0, 0.05) is 19.1 Å². The summed E-state index contributed by atoms with van der Waals surface area (Å²) in [6.45, 7) is 6.17. The molecule has 0 radical (unpaired) electrons. The number of carbonyl (C=O) groups is 1. The Morgan fingerprint density at radius 3 is 2.57 bits per heavy atom. The molecule has 1 rings (SSSR count). The third kappa shape index (κ3) is 8.49. The van der Waals surface area contributed by atoms with Gasteiger partial charge in [-0.05, 0) is 64.4 Å². The van der Waals surface area contributed by atoms with Crippen LogP contribution in [0.25, 0.3) is 0 Å². The molecule has 1 fully saturated rings. The van der Waals surface area contributed by atoms with Crippen molar-refractivity contribution in [1.82, 2.24) is 10.6 Å². The number of aliphatic imine (C=N–C) groups is 1. The topological polar surface area (TPSA) is 62.7 Å². The highest BCUT2D eigenvalue weighted by atomic mass is 32.2. The summed E-state index contributed by atoms with van der Waals surface area (Å²) in [5, 5.41) is 6.84. The van der Waals surface area contributed by atoms with Crippen LogP contribution < -0.4 is 10.6 Å². The Morgan fingerprint density at radius 2 is 1.96 bits per heavy atom. The normalized spacial score (nSPS) is 21.8. The maximum absolute atomic E-state index is 11.8. The van der Waals surface area contributed by atoms with Crippen LogP contribution in [0.2, 0.25) is 0 Å². The van der Waals surface area contributed by atoms with Crippen molar-refractivity contribution in [1.29, 1.82) is 0 Å². The van der Waals surface area contributed by atoms with Crippen LogP contribution in [-0.4, -0.2) is 49.7 Å². The fraction of sp³-hybridized carbons (Fsp3) is 0.882. The Kier molecular flexibility index (Phi) is 10.9. The first-order valence-electron chi connectivity index (χ1n) is 8.91. The molecule has 0 spiro atoms. The summed E-state index contributed by atoms with van der Waals surface area (Å²) < 4.78 is 5.12. The number of thioether (sulfide) groups is 1. The molecule has 0 heterocycles. The number of rotatable bonds is 9. The highest BCUT2D eigenvalue weighted by molar-refractivity contribution is 7.98. The minimum Gasteiger partial charge on any atom is -0.466 e. The second-order valence-corrected chi connectivity index (χ2v) is 6.89. The predicted molar refractivity (Wildman–Crippen MR) is 99.1 cm³/mol. The van der Waals surface area contributed by atoms with Crippen molar-refractivity contribution >= 4 is 23.7 Å². The SMILES string of the molecule is CCNC(=NCCCCSC)NC1CCC(C(=O)OCC)CC1. The maximum atomic E-state index is 11.8. The van der Waals surface area contributed by atoms with Gasteiger partial charge in [0.25, 0.3) is 0 Å². The zero-order chi connectivity index (χ0) is 16.9. The molecule has 0 aliphatic heterocycles. The molecule has 0 bridgehead atoms. The Balaban J connectivity index is 2.34. The minimum atomic E-state index is -0.0275. The van der Waals surface area contributed by atoms with Gasteiger partial charge in [0.05, 0.1) is 12.5 Å². The van der Waals surface area contributed by atoms with E-state index in [0.29, 0.717) is 12.6 Å². The summed E-state index contributed by atoms with van der Waals surface area (Å²) in [5.41, 5.74) is 0. The molecule has 23 heavy (non-hydrogen) atoms. The fourth-order valence-electron chi connectivity index (χ4n) is 2.80.